The molecule has 0 aliphatic heterocycles. The topological polar surface area (TPSA) is 136 Å². The van der Waals surface area contributed by atoms with Crippen molar-refractivity contribution in [1.29, 1.82) is 0 Å². The molecule has 0 aromatic heterocycles. The lowest BCUT2D eigenvalue weighted by Gasteiger charge is -2.19. The highest BCUT2D eigenvalue weighted by Gasteiger charge is 2.15. The van der Waals surface area contributed by atoms with Crippen LogP contribution in [0.5, 0.6) is 0 Å². The van der Waals surface area contributed by atoms with E-state index in [1.807, 2.05) is 20.8 Å². The first kappa shape index (κ1) is 26.4. The zero-order valence-electron chi connectivity index (χ0n) is 17.3. The van der Waals surface area contributed by atoms with E-state index in [0.717, 1.165) is 13.1 Å². The lowest BCUT2D eigenvalue weighted by atomic mass is 10.2. The van der Waals surface area contributed by atoms with E-state index >= 15 is 0 Å². The van der Waals surface area contributed by atoms with Gasteiger partial charge in [0.25, 0.3) is 0 Å². The normalized spacial score (nSPS) is 11.1. The number of hydrogen-bond acceptors (Lipinski definition) is 8. The van der Waals surface area contributed by atoms with Crippen molar-refractivity contribution in [3.63, 3.8) is 0 Å². The Labute approximate surface area is 167 Å². The fourth-order valence-corrected chi connectivity index (χ4v) is 1.75. The molecule has 0 bridgehead atoms. The van der Waals surface area contributed by atoms with Crippen LogP contribution in [-0.2, 0) is 23.7 Å². The Kier molecular flexibility index (Phi) is 17.6. The van der Waals surface area contributed by atoms with Gasteiger partial charge in [0.05, 0.1) is 52.9 Å². The number of ether oxygens (including phenoxy) is 5. The smallest absolute Gasteiger partial charge is 0.407 e. The molecule has 28 heavy (non-hydrogen) atoms. The zero-order chi connectivity index (χ0) is 20.9. The largest absolute Gasteiger partial charge is 0.444 e. The standard InChI is InChI=1S/C17H35N5O6/c1-17(2,3)28-16(23)20-6-10-26-14-12-24-8-4-19-5-9-25-13-15-27-11-7-21-22-18/h19H,4-15H2,1-3H3,(H,20,23). The summed E-state index contributed by atoms with van der Waals surface area (Å²) in [6.07, 6.45) is -0.444. The van der Waals surface area contributed by atoms with Crippen molar-refractivity contribution in [2.75, 3.05) is 79.0 Å². The average molecular weight is 405 g/mol. The molecule has 0 aromatic rings. The number of amides is 1. The first-order valence-corrected chi connectivity index (χ1v) is 9.45. The average Bonchev–Trinajstić information content (AvgIpc) is 2.62. The van der Waals surface area contributed by atoms with Gasteiger partial charge in [0, 0.05) is 31.1 Å². The fraction of sp³-hybridized carbons (Fsp3) is 0.941. The van der Waals surface area contributed by atoms with Gasteiger partial charge in [-0.2, -0.15) is 0 Å². The number of carbonyl (C=O) groups is 1. The van der Waals surface area contributed by atoms with Crippen molar-refractivity contribution in [2.45, 2.75) is 26.4 Å². The number of carbonyl (C=O) groups excluding carboxylic acids is 1. The Morgan fingerprint density at radius 1 is 0.857 bits per heavy atom. The predicted molar refractivity (Wildman–Crippen MR) is 104 cm³/mol. The van der Waals surface area contributed by atoms with Crippen molar-refractivity contribution in [3.8, 4) is 0 Å². The first-order valence-electron chi connectivity index (χ1n) is 9.45. The number of nitrogens with zero attached hydrogens (tertiary/aromatic N) is 3. The van der Waals surface area contributed by atoms with E-state index in [2.05, 4.69) is 20.7 Å². The molecule has 0 spiro atoms. The van der Waals surface area contributed by atoms with Crippen LogP contribution in [0.3, 0.4) is 0 Å². The highest BCUT2D eigenvalue weighted by atomic mass is 16.6. The van der Waals surface area contributed by atoms with E-state index in [1.165, 1.54) is 0 Å². The number of hydrogen-bond donors (Lipinski definition) is 2. The quantitative estimate of drug-likeness (QED) is 0.152. The lowest BCUT2D eigenvalue weighted by Crippen LogP contribution is -2.34. The monoisotopic (exact) mass is 405 g/mol. The second-order valence-corrected chi connectivity index (χ2v) is 6.58. The highest BCUT2D eigenvalue weighted by Crippen LogP contribution is 2.05. The summed E-state index contributed by atoms with van der Waals surface area (Å²) in [5, 5.41) is 9.18. The van der Waals surface area contributed by atoms with Gasteiger partial charge in [0.2, 0.25) is 0 Å². The van der Waals surface area contributed by atoms with Gasteiger partial charge >= 0.3 is 6.09 Å². The maximum Gasteiger partial charge on any atom is 0.407 e. The molecule has 11 nitrogen and oxygen atoms in total. The third-order valence-electron chi connectivity index (χ3n) is 2.90. The van der Waals surface area contributed by atoms with Gasteiger partial charge in [-0.1, -0.05) is 5.11 Å². The molecule has 164 valence electrons. The van der Waals surface area contributed by atoms with Gasteiger partial charge in [-0.3, -0.25) is 0 Å². The first-order chi connectivity index (χ1) is 13.5. The molecular formula is C17H35N5O6. The van der Waals surface area contributed by atoms with Crippen LogP contribution in [0, 0.1) is 0 Å². The maximum absolute atomic E-state index is 11.4. The van der Waals surface area contributed by atoms with Crippen LogP contribution in [0.15, 0.2) is 5.11 Å². The maximum atomic E-state index is 11.4. The summed E-state index contributed by atoms with van der Waals surface area (Å²) in [5.74, 6) is 0. The predicted octanol–water partition coefficient (Wildman–Crippen LogP) is 1.48. The molecule has 0 unspecified atom stereocenters. The summed E-state index contributed by atoms with van der Waals surface area (Å²) in [6.45, 7) is 11.6. The van der Waals surface area contributed by atoms with Crippen LogP contribution in [0.1, 0.15) is 20.8 Å². The van der Waals surface area contributed by atoms with Crippen molar-refractivity contribution in [2.24, 2.45) is 5.11 Å². The van der Waals surface area contributed by atoms with Crippen molar-refractivity contribution >= 4 is 6.09 Å². The van der Waals surface area contributed by atoms with Crippen molar-refractivity contribution in [1.82, 2.24) is 10.6 Å². The van der Waals surface area contributed by atoms with E-state index in [4.69, 9.17) is 29.2 Å². The minimum atomic E-state index is -0.498. The van der Waals surface area contributed by atoms with Crippen LogP contribution in [0.4, 0.5) is 4.79 Å². The van der Waals surface area contributed by atoms with Crippen molar-refractivity contribution < 1.29 is 28.5 Å². The molecule has 1 amide bonds. The summed E-state index contributed by atoms with van der Waals surface area (Å²) in [6, 6.07) is 0. The highest BCUT2D eigenvalue weighted by molar-refractivity contribution is 5.67. The Bertz CT molecular complexity index is 427. The molecule has 0 saturated carbocycles. The minimum absolute atomic E-state index is 0.339. The molecule has 0 radical (unpaired) electrons. The Balaban J connectivity index is 3.14. The summed E-state index contributed by atoms with van der Waals surface area (Å²) in [7, 11) is 0. The third kappa shape index (κ3) is 22.4. The fourth-order valence-electron chi connectivity index (χ4n) is 1.75. The Hall–Kier alpha value is -1.62. The van der Waals surface area contributed by atoms with E-state index in [1.54, 1.807) is 0 Å². The Morgan fingerprint density at radius 2 is 1.36 bits per heavy atom. The molecule has 0 aliphatic carbocycles. The molecule has 0 atom stereocenters. The molecule has 0 heterocycles. The van der Waals surface area contributed by atoms with Crippen molar-refractivity contribution in [3.05, 3.63) is 10.4 Å². The van der Waals surface area contributed by atoms with E-state index in [0.29, 0.717) is 65.9 Å². The van der Waals surface area contributed by atoms with Crippen LogP contribution < -0.4 is 10.6 Å². The SMILES string of the molecule is CC(C)(C)OC(=O)NCCOCCOCCNCCOCCOCCN=[N+]=[N-]. The molecular weight excluding hydrogens is 370 g/mol. The minimum Gasteiger partial charge on any atom is -0.444 e. The van der Waals surface area contributed by atoms with Crippen LogP contribution in [0.2, 0.25) is 0 Å². The van der Waals surface area contributed by atoms with Gasteiger partial charge in [-0.05, 0) is 26.3 Å². The summed E-state index contributed by atoms with van der Waals surface area (Å²) >= 11 is 0. The third-order valence-corrected chi connectivity index (χ3v) is 2.90. The van der Waals surface area contributed by atoms with Gasteiger partial charge in [0.15, 0.2) is 0 Å². The van der Waals surface area contributed by atoms with Crippen LogP contribution in [-0.4, -0.2) is 90.7 Å². The van der Waals surface area contributed by atoms with Crippen LogP contribution >= 0.6 is 0 Å². The molecule has 0 aromatic carbocycles. The van der Waals surface area contributed by atoms with Gasteiger partial charge < -0.3 is 34.3 Å². The van der Waals surface area contributed by atoms with E-state index in [9.17, 15) is 4.79 Å². The molecule has 2 N–H and O–H groups in total. The van der Waals surface area contributed by atoms with Crippen LogP contribution in [0.25, 0.3) is 10.4 Å². The van der Waals surface area contributed by atoms with Gasteiger partial charge in [-0.15, -0.1) is 0 Å². The number of rotatable bonds is 18. The molecule has 0 rings (SSSR count). The second-order valence-electron chi connectivity index (χ2n) is 6.58. The second kappa shape index (κ2) is 18.7. The Morgan fingerprint density at radius 3 is 1.86 bits per heavy atom. The molecule has 0 aliphatic rings. The number of nitrogens with one attached hydrogen (secondary N) is 2. The van der Waals surface area contributed by atoms with E-state index < -0.39 is 11.7 Å². The summed E-state index contributed by atoms with van der Waals surface area (Å²) in [5.41, 5.74) is 7.59. The number of alkyl carbamates (subject to hydrolysis) is 1. The van der Waals surface area contributed by atoms with Gasteiger partial charge in [-0.25, -0.2) is 4.79 Å². The zero-order valence-corrected chi connectivity index (χ0v) is 17.3. The lowest BCUT2D eigenvalue weighted by molar-refractivity contribution is 0.0389. The summed E-state index contributed by atoms with van der Waals surface area (Å²) < 4.78 is 26.5. The molecule has 0 saturated heterocycles. The number of azide groups is 1. The summed E-state index contributed by atoms with van der Waals surface area (Å²) in [4.78, 5) is 14.0. The molecule has 11 heteroatoms. The van der Waals surface area contributed by atoms with E-state index in [-0.39, 0.29) is 0 Å². The van der Waals surface area contributed by atoms with Gasteiger partial charge in [0.1, 0.15) is 5.60 Å². The molecule has 0 fully saturated rings.